The maximum atomic E-state index is 10.7. The zero-order valence-electron chi connectivity index (χ0n) is 6.42. The molecule has 3 heteroatoms. The molecule has 0 aliphatic carbocycles. The van der Waals surface area contributed by atoms with Gasteiger partial charge < -0.3 is 0 Å². The Balaban J connectivity index is 2.51. The fourth-order valence-corrected chi connectivity index (χ4v) is 0.966. The number of hydrogen-bond donors (Lipinski definition) is 1. The van der Waals surface area contributed by atoms with Gasteiger partial charge in [0.1, 0.15) is 0 Å². The number of amides is 1. The first kappa shape index (κ1) is 7.25. The summed E-state index contributed by atoms with van der Waals surface area (Å²) in [7, 11) is 0. The summed E-state index contributed by atoms with van der Waals surface area (Å²) in [5, 5.41) is 0. The van der Waals surface area contributed by atoms with Gasteiger partial charge in [0.15, 0.2) is 12.8 Å². The molecule has 1 amide bonds. The highest BCUT2D eigenvalue weighted by Gasteiger charge is 2.20. The van der Waals surface area contributed by atoms with Crippen LogP contribution in [0, 0.1) is 5.92 Å². The summed E-state index contributed by atoms with van der Waals surface area (Å²) in [6.45, 7) is 4.99. The number of carbonyl (C=O) groups excluding carboxylic acids is 1. The summed E-state index contributed by atoms with van der Waals surface area (Å²) in [4.78, 5) is 10.7. The summed E-state index contributed by atoms with van der Waals surface area (Å²) >= 11 is 0. The van der Waals surface area contributed by atoms with E-state index in [0.717, 1.165) is 6.54 Å². The molecule has 1 fully saturated rings. The average Bonchev–Trinajstić information content (AvgIpc) is 2.13. The summed E-state index contributed by atoms with van der Waals surface area (Å²) < 4.78 is 1.85. The van der Waals surface area contributed by atoms with E-state index in [1.807, 2.05) is 10.9 Å². The lowest BCUT2D eigenvalue weighted by molar-refractivity contribution is -0.555. The highest BCUT2D eigenvalue weighted by molar-refractivity contribution is 5.76. The van der Waals surface area contributed by atoms with Gasteiger partial charge in [0.2, 0.25) is 0 Å². The van der Waals surface area contributed by atoms with Crippen molar-refractivity contribution >= 4 is 12.1 Å². The fraction of sp³-hybridized carbons (Fsp3) is 0.714. The zero-order chi connectivity index (χ0) is 7.56. The van der Waals surface area contributed by atoms with Crippen molar-refractivity contribution in [2.45, 2.75) is 20.3 Å². The molecule has 1 rings (SSSR count). The first-order valence-electron chi connectivity index (χ1n) is 3.59. The Labute approximate surface area is 60.7 Å². The van der Waals surface area contributed by atoms with Crippen molar-refractivity contribution in [1.29, 1.82) is 0 Å². The van der Waals surface area contributed by atoms with Gasteiger partial charge in [-0.3, -0.25) is 4.79 Å². The average molecular weight is 141 g/mol. The second-order valence-electron chi connectivity index (χ2n) is 2.87. The molecule has 1 aliphatic rings. The van der Waals surface area contributed by atoms with Crippen LogP contribution in [0.1, 0.15) is 20.3 Å². The smallest absolute Gasteiger partial charge is 0.269 e. The number of hydrazone groups is 1. The molecule has 0 spiro atoms. The molecule has 0 unspecified atom stereocenters. The lowest BCUT2D eigenvalue weighted by Crippen LogP contribution is -2.26. The standard InChI is InChI=1S/C7H12N2O/c1-6(2)5-9-4-3-7(10)8-9/h5-6H,3-4H2,1-2H3/p+1/b9-5-. The molecule has 0 aromatic heterocycles. The molecule has 0 radical (unpaired) electrons. The van der Waals surface area contributed by atoms with Gasteiger partial charge in [0.05, 0.1) is 6.42 Å². The van der Waals surface area contributed by atoms with Gasteiger partial charge in [-0.15, -0.1) is 10.1 Å². The van der Waals surface area contributed by atoms with E-state index >= 15 is 0 Å². The maximum absolute atomic E-state index is 10.7. The van der Waals surface area contributed by atoms with Crippen LogP contribution in [0.15, 0.2) is 0 Å². The third-order valence-electron chi connectivity index (χ3n) is 1.33. The van der Waals surface area contributed by atoms with Gasteiger partial charge in [-0.25, -0.2) is 0 Å². The number of rotatable bonds is 1. The van der Waals surface area contributed by atoms with E-state index < -0.39 is 0 Å². The Morgan fingerprint density at radius 3 is 2.80 bits per heavy atom. The van der Waals surface area contributed by atoms with Gasteiger partial charge in [-0.1, -0.05) is 13.8 Å². The molecule has 0 atom stereocenters. The van der Waals surface area contributed by atoms with Crippen LogP contribution in [-0.2, 0) is 4.79 Å². The topological polar surface area (TPSA) is 32.1 Å². The molecular formula is C7H13N2O+. The van der Waals surface area contributed by atoms with Crippen LogP contribution < -0.4 is 5.43 Å². The van der Waals surface area contributed by atoms with E-state index in [0.29, 0.717) is 12.3 Å². The van der Waals surface area contributed by atoms with E-state index in [1.165, 1.54) is 0 Å². The monoisotopic (exact) mass is 141 g/mol. The first-order chi connectivity index (χ1) is 4.68. The highest BCUT2D eigenvalue weighted by Crippen LogP contribution is 1.92. The minimum atomic E-state index is 0.122. The van der Waals surface area contributed by atoms with Crippen molar-refractivity contribution in [2.24, 2.45) is 5.92 Å². The molecule has 10 heavy (non-hydrogen) atoms. The number of nitrogens with zero attached hydrogens (tertiary/aromatic N) is 1. The van der Waals surface area contributed by atoms with Crippen LogP contribution in [0.4, 0.5) is 0 Å². The number of nitrogens with one attached hydrogen (secondary N) is 1. The Bertz CT molecular complexity index is 172. The van der Waals surface area contributed by atoms with E-state index in [-0.39, 0.29) is 5.91 Å². The highest BCUT2D eigenvalue weighted by atomic mass is 16.2. The van der Waals surface area contributed by atoms with Crippen LogP contribution in [0.3, 0.4) is 0 Å². The van der Waals surface area contributed by atoms with Gasteiger partial charge in [0.25, 0.3) is 5.91 Å². The minimum Gasteiger partial charge on any atom is -0.269 e. The Morgan fingerprint density at radius 2 is 2.40 bits per heavy atom. The predicted octanol–water partition coefficient (Wildman–Crippen LogP) is 0.161. The summed E-state index contributed by atoms with van der Waals surface area (Å²) in [5.74, 6) is 0.621. The summed E-state index contributed by atoms with van der Waals surface area (Å²) in [6.07, 6.45) is 2.65. The van der Waals surface area contributed by atoms with Crippen molar-refractivity contribution in [3.05, 3.63) is 0 Å². The number of hydrazine groups is 1. The van der Waals surface area contributed by atoms with Crippen molar-refractivity contribution < 1.29 is 9.48 Å². The molecule has 1 N–H and O–H groups in total. The molecule has 3 nitrogen and oxygen atoms in total. The van der Waals surface area contributed by atoms with Gasteiger partial charge in [-0.05, 0) is 0 Å². The second kappa shape index (κ2) is 2.82. The van der Waals surface area contributed by atoms with Crippen molar-refractivity contribution in [3.63, 3.8) is 0 Å². The Hall–Kier alpha value is -0.860. The van der Waals surface area contributed by atoms with E-state index in [2.05, 4.69) is 19.3 Å². The molecule has 1 aliphatic heterocycles. The van der Waals surface area contributed by atoms with Crippen LogP contribution in [-0.4, -0.2) is 23.4 Å². The fourth-order valence-electron chi connectivity index (χ4n) is 0.966. The number of hydrogen-bond acceptors (Lipinski definition) is 1. The SMILES string of the molecule is CC(C)/C=[N+]1/CCC(=O)N1. The Morgan fingerprint density at radius 1 is 1.70 bits per heavy atom. The maximum Gasteiger partial charge on any atom is 0.280 e. The van der Waals surface area contributed by atoms with E-state index in [1.54, 1.807) is 0 Å². The number of carbonyl (C=O) groups is 1. The van der Waals surface area contributed by atoms with Crippen LogP contribution in [0.5, 0.6) is 0 Å². The molecule has 0 saturated carbocycles. The minimum absolute atomic E-state index is 0.122. The molecule has 0 aromatic rings. The van der Waals surface area contributed by atoms with Crippen molar-refractivity contribution in [3.8, 4) is 0 Å². The molecule has 56 valence electrons. The Kier molecular flexibility index (Phi) is 2.04. The molecule has 0 aromatic carbocycles. The lowest BCUT2D eigenvalue weighted by atomic mass is 10.2. The second-order valence-corrected chi connectivity index (χ2v) is 2.87. The molecular weight excluding hydrogens is 128 g/mol. The van der Waals surface area contributed by atoms with E-state index in [9.17, 15) is 4.79 Å². The third-order valence-corrected chi connectivity index (χ3v) is 1.33. The lowest BCUT2D eigenvalue weighted by Gasteiger charge is -1.92. The van der Waals surface area contributed by atoms with Crippen molar-refractivity contribution in [1.82, 2.24) is 5.43 Å². The van der Waals surface area contributed by atoms with Crippen LogP contribution in [0.25, 0.3) is 0 Å². The predicted molar refractivity (Wildman–Crippen MR) is 38.8 cm³/mol. The molecule has 0 bridgehead atoms. The first-order valence-corrected chi connectivity index (χ1v) is 3.59. The van der Waals surface area contributed by atoms with Crippen LogP contribution in [0.2, 0.25) is 0 Å². The van der Waals surface area contributed by atoms with Crippen molar-refractivity contribution in [2.75, 3.05) is 6.54 Å². The van der Waals surface area contributed by atoms with Crippen LogP contribution >= 0.6 is 0 Å². The summed E-state index contributed by atoms with van der Waals surface area (Å²) in [5.41, 5.74) is 2.72. The van der Waals surface area contributed by atoms with E-state index in [4.69, 9.17) is 0 Å². The quantitative estimate of drug-likeness (QED) is 0.518. The van der Waals surface area contributed by atoms with Gasteiger partial charge in [-0.2, -0.15) is 0 Å². The zero-order valence-corrected chi connectivity index (χ0v) is 6.42. The summed E-state index contributed by atoms with van der Waals surface area (Å²) in [6, 6.07) is 0. The largest absolute Gasteiger partial charge is 0.280 e. The van der Waals surface area contributed by atoms with Gasteiger partial charge >= 0.3 is 0 Å². The van der Waals surface area contributed by atoms with Gasteiger partial charge in [0, 0.05) is 5.92 Å². The molecule has 1 saturated heterocycles. The normalized spacial score (nSPS) is 22.3. The molecule has 1 heterocycles. The third kappa shape index (κ3) is 1.83.